The Bertz CT molecular complexity index is 636. The van der Waals surface area contributed by atoms with Crippen LogP contribution in [0.25, 0.3) is 10.9 Å². The molecular weight excluding hydrogens is 256 g/mol. The number of para-hydroxylation sites is 1. The number of ether oxygens (including phenoxy) is 1. The average Bonchev–Trinajstić information content (AvgIpc) is 2.47. The van der Waals surface area contributed by atoms with Crippen molar-refractivity contribution in [2.45, 2.75) is 18.9 Å². The van der Waals surface area contributed by atoms with Gasteiger partial charge in [-0.3, -0.25) is 0 Å². The molecule has 0 bridgehead atoms. The van der Waals surface area contributed by atoms with Crippen molar-refractivity contribution in [3.05, 3.63) is 35.9 Å². The fourth-order valence-corrected chi connectivity index (χ4v) is 2.48. The van der Waals surface area contributed by atoms with Gasteiger partial charge in [0.05, 0.1) is 11.1 Å². The maximum atomic E-state index is 11.4. The van der Waals surface area contributed by atoms with Gasteiger partial charge < -0.3 is 15.2 Å². The monoisotopic (exact) mass is 272 g/mol. The second-order valence-corrected chi connectivity index (χ2v) is 4.91. The molecule has 1 saturated heterocycles. The van der Waals surface area contributed by atoms with Crippen molar-refractivity contribution < 1.29 is 14.6 Å². The van der Waals surface area contributed by atoms with Crippen LogP contribution in [-0.2, 0) is 4.74 Å². The fraction of sp³-hybridized carbons (Fsp3) is 0.333. The second-order valence-electron chi connectivity index (χ2n) is 4.91. The van der Waals surface area contributed by atoms with Gasteiger partial charge >= 0.3 is 5.97 Å². The number of hydrogen-bond donors (Lipinski definition) is 2. The number of carbonyl (C=O) groups is 1. The van der Waals surface area contributed by atoms with Crippen LogP contribution in [0.15, 0.2) is 30.3 Å². The third-order valence-corrected chi connectivity index (χ3v) is 3.52. The Morgan fingerprint density at radius 2 is 2.05 bits per heavy atom. The lowest BCUT2D eigenvalue weighted by atomic mass is 10.1. The number of fused-ring (bicyclic) bond motifs is 1. The van der Waals surface area contributed by atoms with E-state index in [9.17, 15) is 9.90 Å². The van der Waals surface area contributed by atoms with Gasteiger partial charge in [0.15, 0.2) is 0 Å². The molecule has 0 radical (unpaired) electrons. The number of carboxylic acid groups (broad SMARTS) is 1. The van der Waals surface area contributed by atoms with Gasteiger partial charge in [0.25, 0.3) is 0 Å². The van der Waals surface area contributed by atoms with Gasteiger partial charge in [0.2, 0.25) is 0 Å². The lowest BCUT2D eigenvalue weighted by molar-refractivity contribution is 0.0699. The summed E-state index contributed by atoms with van der Waals surface area (Å²) in [5.74, 6) is -0.313. The molecule has 1 aliphatic rings. The van der Waals surface area contributed by atoms with E-state index in [2.05, 4.69) is 10.3 Å². The van der Waals surface area contributed by atoms with Crippen LogP contribution in [0.3, 0.4) is 0 Å². The molecule has 0 unspecified atom stereocenters. The molecule has 0 amide bonds. The van der Waals surface area contributed by atoms with E-state index in [4.69, 9.17) is 4.74 Å². The predicted molar refractivity (Wildman–Crippen MR) is 76.2 cm³/mol. The van der Waals surface area contributed by atoms with Crippen LogP contribution in [0.5, 0.6) is 0 Å². The van der Waals surface area contributed by atoms with Crippen molar-refractivity contribution in [3.63, 3.8) is 0 Å². The first kappa shape index (κ1) is 12.9. The highest BCUT2D eigenvalue weighted by molar-refractivity contribution is 6.03. The molecule has 1 aromatic heterocycles. The third kappa shape index (κ3) is 2.58. The number of carboxylic acids is 1. The Morgan fingerprint density at radius 1 is 1.30 bits per heavy atom. The summed E-state index contributed by atoms with van der Waals surface area (Å²) in [5, 5.41) is 13.3. The summed E-state index contributed by atoms with van der Waals surface area (Å²) < 4.78 is 5.32. The number of anilines is 1. The normalized spacial score (nSPS) is 16.2. The van der Waals surface area contributed by atoms with E-state index in [1.807, 2.05) is 18.2 Å². The zero-order chi connectivity index (χ0) is 13.9. The van der Waals surface area contributed by atoms with Gasteiger partial charge in [-0.05, 0) is 25.0 Å². The van der Waals surface area contributed by atoms with Crippen LogP contribution >= 0.6 is 0 Å². The number of benzene rings is 1. The highest BCUT2D eigenvalue weighted by atomic mass is 16.5. The molecule has 0 atom stereocenters. The lowest BCUT2D eigenvalue weighted by Crippen LogP contribution is -2.28. The van der Waals surface area contributed by atoms with E-state index in [0.29, 0.717) is 22.8 Å². The minimum Gasteiger partial charge on any atom is -0.478 e. The molecule has 2 N–H and O–H groups in total. The molecule has 2 heterocycles. The van der Waals surface area contributed by atoms with Crippen LogP contribution in [0, 0.1) is 0 Å². The zero-order valence-corrected chi connectivity index (χ0v) is 11.0. The van der Waals surface area contributed by atoms with E-state index < -0.39 is 5.97 Å². The first-order valence-corrected chi connectivity index (χ1v) is 6.71. The minimum absolute atomic E-state index is 0.283. The smallest absolute Gasteiger partial charge is 0.336 e. The van der Waals surface area contributed by atoms with Gasteiger partial charge in [-0.25, -0.2) is 9.78 Å². The number of pyridine rings is 1. The molecule has 1 fully saturated rings. The maximum absolute atomic E-state index is 11.4. The van der Waals surface area contributed by atoms with Crippen molar-refractivity contribution in [1.29, 1.82) is 0 Å². The number of hydrogen-bond acceptors (Lipinski definition) is 4. The van der Waals surface area contributed by atoms with Crippen molar-refractivity contribution in [3.8, 4) is 0 Å². The molecule has 20 heavy (non-hydrogen) atoms. The molecule has 0 aliphatic carbocycles. The lowest BCUT2D eigenvalue weighted by Gasteiger charge is -2.23. The van der Waals surface area contributed by atoms with Crippen LogP contribution < -0.4 is 5.32 Å². The number of aromatic nitrogens is 1. The number of nitrogens with one attached hydrogen (secondary N) is 1. The molecular formula is C15H16N2O3. The fourth-order valence-electron chi connectivity index (χ4n) is 2.48. The average molecular weight is 272 g/mol. The first-order valence-electron chi connectivity index (χ1n) is 6.71. The topological polar surface area (TPSA) is 71.5 Å². The third-order valence-electron chi connectivity index (χ3n) is 3.52. The second kappa shape index (κ2) is 5.46. The van der Waals surface area contributed by atoms with Crippen LogP contribution in [0.1, 0.15) is 23.2 Å². The van der Waals surface area contributed by atoms with E-state index in [0.717, 1.165) is 26.1 Å². The summed E-state index contributed by atoms with van der Waals surface area (Å²) in [7, 11) is 0. The van der Waals surface area contributed by atoms with Crippen LogP contribution in [0.2, 0.25) is 0 Å². The molecule has 104 valence electrons. The standard InChI is InChI=1S/C15H16N2O3/c18-15(19)12-9-14(16-10-5-7-20-8-6-10)17-13-4-2-1-3-11(12)13/h1-4,9-10H,5-8H2,(H,16,17)(H,18,19). The molecule has 3 rings (SSSR count). The minimum atomic E-state index is -0.932. The molecule has 0 spiro atoms. The van der Waals surface area contributed by atoms with Crippen LogP contribution in [-0.4, -0.2) is 35.3 Å². The van der Waals surface area contributed by atoms with Gasteiger partial charge in [0, 0.05) is 24.6 Å². The SMILES string of the molecule is O=C(O)c1cc(NC2CCOCC2)nc2ccccc12. The summed E-state index contributed by atoms with van der Waals surface area (Å²) >= 11 is 0. The van der Waals surface area contributed by atoms with E-state index in [1.54, 1.807) is 12.1 Å². The Kier molecular flexibility index (Phi) is 3.52. The Hall–Kier alpha value is -2.14. The summed E-state index contributed by atoms with van der Waals surface area (Å²) in [6.45, 7) is 1.47. The Balaban J connectivity index is 1.96. The summed E-state index contributed by atoms with van der Waals surface area (Å²) in [6.07, 6.45) is 1.83. The van der Waals surface area contributed by atoms with Crippen molar-refractivity contribution >= 4 is 22.7 Å². The molecule has 5 heteroatoms. The molecule has 5 nitrogen and oxygen atoms in total. The largest absolute Gasteiger partial charge is 0.478 e. The maximum Gasteiger partial charge on any atom is 0.336 e. The van der Waals surface area contributed by atoms with Gasteiger partial charge in [0.1, 0.15) is 5.82 Å². The number of nitrogens with zero attached hydrogens (tertiary/aromatic N) is 1. The van der Waals surface area contributed by atoms with Crippen molar-refractivity contribution in [1.82, 2.24) is 4.98 Å². The predicted octanol–water partition coefficient (Wildman–Crippen LogP) is 2.52. The van der Waals surface area contributed by atoms with Crippen LogP contribution in [0.4, 0.5) is 5.82 Å². The van der Waals surface area contributed by atoms with E-state index in [1.165, 1.54) is 0 Å². The first-order chi connectivity index (χ1) is 9.74. The summed E-state index contributed by atoms with van der Waals surface area (Å²) in [5.41, 5.74) is 0.979. The number of rotatable bonds is 3. The van der Waals surface area contributed by atoms with E-state index >= 15 is 0 Å². The number of aromatic carboxylic acids is 1. The summed E-state index contributed by atoms with van der Waals surface area (Å²) in [4.78, 5) is 15.9. The Labute approximate surface area is 116 Å². The molecule has 0 saturated carbocycles. The van der Waals surface area contributed by atoms with Crippen molar-refractivity contribution in [2.75, 3.05) is 18.5 Å². The highest BCUT2D eigenvalue weighted by Gasteiger charge is 2.16. The Morgan fingerprint density at radius 3 is 2.80 bits per heavy atom. The molecule has 2 aromatic rings. The zero-order valence-electron chi connectivity index (χ0n) is 11.0. The highest BCUT2D eigenvalue weighted by Crippen LogP contribution is 2.22. The quantitative estimate of drug-likeness (QED) is 0.898. The van der Waals surface area contributed by atoms with E-state index in [-0.39, 0.29) is 5.56 Å². The van der Waals surface area contributed by atoms with Gasteiger partial charge in [-0.2, -0.15) is 0 Å². The molecule has 1 aliphatic heterocycles. The van der Waals surface area contributed by atoms with Gasteiger partial charge in [-0.1, -0.05) is 18.2 Å². The summed E-state index contributed by atoms with van der Waals surface area (Å²) in [6, 6.07) is 9.20. The van der Waals surface area contributed by atoms with Crippen molar-refractivity contribution in [2.24, 2.45) is 0 Å². The van der Waals surface area contributed by atoms with Gasteiger partial charge in [-0.15, -0.1) is 0 Å². The molecule has 1 aromatic carbocycles.